The molecule has 2 heterocycles. The number of urea groups is 1. The average molecular weight is 297 g/mol. The smallest absolute Gasteiger partial charge is 0.317 e. The van der Waals surface area contributed by atoms with Crippen molar-refractivity contribution in [1.29, 1.82) is 0 Å². The van der Waals surface area contributed by atoms with Gasteiger partial charge in [-0.05, 0) is 31.6 Å². The van der Waals surface area contributed by atoms with Crippen molar-refractivity contribution in [1.82, 2.24) is 15.5 Å². The quantitative estimate of drug-likeness (QED) is 0.690. The van der Waals surface area contributed by atoms with Crippen molar-refractivity contribution in [2.75, 3.05) is 19.6 Å². The molecule has 0 spiro atoms. The monoisotopic (exact) mass is 297 g/mol. The van der Waals surface area contributed by atoms with Gasteiger partial charge in [-0.2, -0.15) is 0 Å². The van der Waals surface area contributed by atoms with Crippen LogP contribution in [0, 0.1) is 5.92 Å². The van der Waals surface area contributed by atoms with Crippen LogP contribution in [-0.4, -0.2) is 53.6 Å². The number of amides is 3. The first kappa shape index (κ1) is 15.6. The van der Waals surface area contributed by atoms with E-state index in [2.05, 4.69) is 10.6 Å². The van der Waals surface area contributed by atoms with Crippen LogP contribution in [0.4, 0.5) is 4.79 Å². The number of nitrogens with zero attached hydrogens (tertiary/aromatic N) is 1. The second kappa shape index (κ2) is 7.28. The Bertz CT molecular complexity index is 413. The zero-order valence-electron chi connectivity index (χ0n) is 12.1. The van der Waals surface area contributed by atoms with Crippen molar-refractivity contribution in [3.8, 4) is 0 Å². The van der Waals surface area contributed by atoms with Crippen molar-refractivity contribution in [3.05, 3.63) is 0 Å². The molecule has 0 saturated carbocycles. The normalized spacial score (nSPS) is 25.5. The Morgan fingerprint density at radius 3 is 2.86 bits per heavy atom. The third-order valence-corrected chi connectivity index (χ3v) is 4.16. The summed E-state index contributed by atoms with van der Waals surface area (Å²) in [5, 5.41) is 14.4. The molecule has 0 radical (unpaired) electrons. The summed E-state index contributed by atoms with van der Waals surface area (Å²) in [5.41, 5.74) is 0. The Hall–Kier alpha value is -1.79. The van der Waals surface area contributed by atoms with Gasteiger partial charge in [-0.1, -0.05) is 0 Å². The van der Waals surface area contributed by atoms with E-state index in [4.69, 9.17) is 5.11 Å². The summed E-state index contributed by atoms with van der Waals surface area (Å²) in [6, 6.07) is -0.0785. The molecule has 0 aromatic carbocycles. The molecular weight excluding hydrogens is 274 g/mol. The molecule has 118 valence electrons. The minimum atomic E-state index is -0.784. The zero-order valence-corrected chi connectivity index (χ0v) is 12.1. The summed E-state index contributed by atoms with van der Waals surface area (Å²) >= 11 is 0. The van der Waals surface area contributed by atoms with Crippen molar-refractivity contribution in [3.63, 3.8) is 0 Å². The molecule has 7 heteroatoms. The summed E-state index contributed by atoms with van der Waals surface area (Å²) < 4.78 is 0. The minimum Gasteiger partial charge on any atom is -0.481 e. The standard InChI is InChI=1S/C14H23N3O4/c18-12-5-4-11(16-12)8-15-14(21)17-7-1-2-10(9-17)3-6-13(19)20/h10-11H,1-9H2,(H,15,21)(H,16,18)(H,19,20). The zero-order chi connectivity index (χ0) is 15.2. The number of aliphatic carboxylic acids is 1. The third-order valence-electron chi connectivity index (χ3n) is 4.16. The van der Waals surface area contributed by atoms with Crippen LogP contribution in [0.15, 0.2) is 0 Å². The average Bonchev–Trinajstić information content (AvgIpc) is 2.88. The number of piperidine rings is 1. The summed E-state index contributed by atoms with van der Waals surface area (Å²) in [5.74, 6) is -0.471. The lowest BCUT2D eigenvalue weighted by molar-refractivity contribution is -0.137. The van der Waals surface area contributed by atoms with Gasteiger partial charge in [-0.25, -0.2) is 4.79 Å². The molecule has 0 aliphatic carbocycles. The second-order valence-electron chi connectivity index (χ2n) is 5.88. The first-order chi connectivity index (χ1) is 10.0. The Morgan fingerprint density at radius 2 is 2.19 bits per heavy atom. The summed E-state index contributed by atoms with van der Waals surface area (Å²) in [7, 11) is 0. The Morgan fingerprint density at radius 1 is 1.38 bits per heavy atom. The Kier molecular flexibility index (Phi) is 5.41. The molecule has 3 amide bonds. The summed E-state index contributed by atoms with van der Waals surface area (Å²) in [6.45, 7) is 1.80. The van der Waals surface area contributed by atoms with Gasteiger partial charge in [0.05, 0.1) is 0 Å². The minimum absolute atomic E-state index is 0.0362. The Labute approximate surface area is 124 Å². The van der Waals surface area contributed by atoms with E-state index in [1.807, 2.05) is 0 Å². The number of carbonyl (C=O) groups excluding carboxylic acids is 2. The first-order valence-corrected chi connectivity index (χ1v) is 7.58. The van der Waals surface area contributed by atoms with Crippen molar-refractivity contribution >= 4 is 17.9 Å². The van der Waals surface area contributed by atoms with Crippen molar-refractivity contribution < 1.29 is 19.5 Å². The van der Waals surface area contributed by atoms with Crippen LogP contribution >= 0.6 is 0 Å². The predicted octanol–water partition coefficient (Wildman–Crippen LogP) is 0.551. The lowest BCUT2D eigenvalue weighted by Crippen LogP contribution is -2.48. The molecule has 2 saturated heterocycles. The van der Waals surface area contributed by atoms with Gasteiger partial charge in [0.25, 0.3) is 0 Å². The molecule has 21 heavy (non-hydrogen) atoms. The number of carboxylic acids is 1. The lowest BCUT2D eigenvalue weighted by Gasteiger charge is -2.33. The molecular formula is C14H23N3O4. The van der Waals surface area contributed by atoms with Gasteiger partial charge >= 0.3 is 12.0 Å². The van der Waals surface area contributed by atoms with Gasteiger partial charge < -0.3 is 20.6 Å². The maximum absolute atomic E-state index is 12.1. The largest absolute Gasteiger partial charge is 0.481 e. The number of carbonyl (C=O) groups is 3. The maximum atomic E-state index is 12.1. The molecule has 3 N–H and O–H groups in total. The number of rotatable bonds is 5. The van der Waals surface area contributed by atoms with E-state index in [1.54, 1.807) is 4.90 Å². The molecule has 2 aliphatic heterocycles. The SMILES string of the molecule is O=C(O)CCC1CCCN(C(=O)NCC2CCC(=O)N2)C1. The highest BCUT2D eigenvalue weighted by molar-refractivity contribution is 5.79. The highest BCUT2D eigenvalue weighted by Crippen LogP contribution is 2.21. The van der Waals surface area contributed by atoms with Gasteiger partial charge in [-0.15, -0.1) is 0 Å². The van der Waals surface area contributed by atoms with Crippen LogP contribution in [0.1, 0.15) is 38.5 Å². The number of hydrogen-bond donors (Lipinski definition) is 3. The van der Waals surface area contributed by atoms with E-state index < -0.39 is 5.97 Å². The Balaban J connectivity index is 1.71. The summed E-state index contributed by atoms with van der Waals surface area (Å²) in [6.07, 6.45) is 3.97. The van der Waals surface area contributed by atoms with Crippen LogP contribution in [0.2, 0.25) is 0 Å². The number of hydrogen-bond acceptors (Lipinski definition) is 3. The topological polar surface area (TPSA) is 98.7 Å². The predicted molar refractivity (Wildman–Crippen MR) is 75.7 cm³/mol. The lowest BCUT2D eigenvalue weighted by atomic mass is 9.93. The highest BCUT2D eigenvalue weighted by Gasteiger charge is 2.25. The third kappa shape index (κ3) is 4.91. The van der Waals surface area contributed by atoms with E-state index in [0.717, 1.165) is 19.3 Å². The molecule has 0 aromatic heterocycles. The highest BCUT2D eigenvalue weighted by atomic mass is 16.4. The fourth-order valence-electron chi connectivity index (χ4n) is 2.97. The van der Waals surface area contributed by atoms with E-state index in [9.17, 15) is 14.4 Å². The number of nitrogens with one attached hydrogen (secondary N) is 2. The molecule has 2 atom stereocenters. The van der Waals surface area contributed by atoms with E-state index in [1.165, 1.54) is 0 Å². The molecule has 2 aliphatic rings. The van der Waals surface area contributed by atoms with Crippen LogP contribution in [0.5, 0.6) is 0 Å². The molecule has 2 unspecified atom stereocenters. The number of likely N-dealkylation sites (tertiary alicyclic amines) is 1. The van der Waals surface area contributed by atoms with E-state index >= 15 is 0 Å². The number of carboxylic acid groups (broad SMARTS) is 1. The second-order valence-corrected chi connectivity index (χ2v) is 5.88. The summed E-state index contributed by atoms with van der Waals surface area (Å²) in [4.78, 5) is 35.6. The molecule has 2 rings (SSSR count). The van der Waals surface area contributed by atoms with Crippen molar-refractivity contribution in [2.24, 2.45) is 5.92 Å². The molecule has 0 aromatic rings. The molecule has 0 bridgehead atoms. The van der Waals surface area contributed by atoms with Gasteiger partial charge in [0, 0.05) is 38.5 Å². The van der Waals surface area contributed by atoms with Crippen LogP contribution in [0.25, 0.3) is 0 Å². The van der Waals surface area contributed by atoms with Gasteiger partial charge in [-0.3, -0.25) is 9.59 Å². The molecule has 7 nitrogen and oxygen atoms in total. The van der Waals surface area contributed by atoms with Crippen LogP contribution in [0.3, 0.4) is 0 Å². The fraction of sp³-hybridized carbons (Fsp3) is 0.786. The van der Waals surface area contributed by atoms with Gasteiger partial charge in [0.15, 0.2) is 0 Å². The maximum Gasteiger partial charge on any atom is 0.317 e. The molecule has 2 fully saturated rings. The van der Waals surface area contributed by atoms with Gasteiger partial charge in [0.1, 0.15) is 0 Å². The van der Waals surface area contributed by atoms with Crippen molar-refractivity contribution in [2.45, 2.75) is 44.6 Å². The van der Waals surface area contributed by atoms with Gasteiger partial charge in [0.2, 0.25) is 5.91 Å². The van der Waals surface area contributed by atoms with Crippen LogP contribution in [-0.2, 0) is 9.59 Å². The fourth-order valence-corrected chi connectivity index (χ4v) is 2.97. The van der Waals surface area contributed by atoms with E-state index in [0.29, 0.717) is 32.5 Å². The van der Waals surface area contributed by atoms with Crippen LogP contribution < -0.4 is 10.6 Å². The van der Waals surface area contributed by atoms with E-state index in [-0.39, 0.29) is 30.3 Å². The first-order valence-electron chi connectivity index (χ1n) is 7.58.